The van der Waals surface area contributed by atoms with Crippen LogP contribution in [0.15, 0.2) is 54.6 Å². The van der Waals surface area contributed by atoms with Crippen molar-refractivity contribution in [3.63, 3.8) is 0 Å². The molecule has 2 aliphatic rings. The minimum atomic E-state index is 0.378. The average Bonchev–Trinajstić information content (AvgIpc) is 3.18. The summed E-state index contributed by atoms with van der Waals surface area (Å²) in [5.74, 6) is 1.67. The molecule has 0 fully saturated rings. The molecule has 2 aromatic carbocycles. The Balaban J connectivity index is 1.70. The normalized spacial score (nSPS) is 23.1. The molecule has 0 aromatic heterocycles. The van der Waals surface area contributed by atoms with E-state index in [9.17, 15) is 0 Å². The highest BCUT2D eigenvalue weighted by Gasteiger charge is 2.38. The summed E-state index contributed by atoms with van der Waals surface area (Å²) < 4.78 is 0. The molecule has 0 amide bonds. The quantitative estimate of drug-likeness (QED) is 0.614. The third kappa shape index (κ3) is 3.16. The molecule has 1 N–H and O–H groups in total. The van der Waals surface area contributed by atoms with Gasteiger partial charge in [0, 0.05) is 30.4 Å². The zero-order valence-corrected chi connectivity index (χ0v) is 17.1. The first kappa shape index (κ1) is 18.2. The van der Waals surface area contributed by atoms with Crippen LogP contribution < -0.4 is 10.2 Å². The molecule has 4 rings (SSSR count). The monoisotopic (exact) mass is 360 g/mol. The molecule has 0 radical (unpaired) electrons. The maximum atomic E-state index is 3.96. The maximum absolute atomic E-state index is 3.96. The Morgan fingerprint density at radius 3 is 2.44 bits per heavy atom. The molecule has 0 saturated carbocycles. The molecule has 3 unspecified atom stereocenters. The third-order valence-electron chi connectivity index (χ3n) is 6.43. The summed E-state index contributed by atoms with van der Waals surface area (Å²) in [5, 5.41) is 3.96. The summed E-state index contributed by atoms with van der Waals surface area (Å²) in [6.07, 6.45) is 5.97. The van der Waals surface area contributed by atoms with Gasteiger partial charge in [0.15, 0.2) is 0 Å². The van der Waals surface area contributed by atoms with Gasteiger partial charge in [0.2, 0.25) is 0 Å². The van der Waals surface area contributed by atoms with Gasteiger partial charge in [-0.05, 0) is 60.9 Å². The Morgan fingerprint density at radius 1 is 1.04 bits per heavy atom. The van der Waals surface area contributed by atoms with E-state index in [2.05, 4.69) is 92.5 Å². The third-order valence-corrected chi connectivity index (χ3v) is 6.43. The summed E-state index contributed by atoms with van der Waals surface area (Å²) in [6.45, 7) is 11.1. The fourth-order valence-corrected chi connectivity index (χ4v) is 4.94. The summed E-state index contributed by atoms with van der Waals surface area (Å²) in [7, 11) is 0. The standard InChI is InChI=1S/C25H32N2/c1-5-27(6-2)19-15-13-18(14-16-19)24-22-11-8-10-21(22)23-12-7-9-20(17(3)4)25(23)26-24/h7-10,12-17,21-22,24,26H,5-6,11H2,1-4H3. The van der Waals surface area contributed by atoms with Crippen molar-refractivity contribution >= 4 is 11.4 Å². The first-order chi connectivity index (χ1) is 13.1. The number of fused-ring (bicyclic) bond motifs is 3. The van der Waals surface area contributed by atoms with Gasteiger partial charge in [-0.2, -0.15) is 0 Å². The van der Waals surface area contributed by atoms with E-state index >= 15 is 0 Å². The lowest BCUT2D eigenvalue weighted by molar-refractivity contribution is 0.424. The van der Waals surface area contributed by atoms with Gasteiger partial charge >= 0.3 is 0 Å². The van der Waals surface area contributed by atoms with Crippen LogP contribution in [0.3, 0.4) is 0 Å². The van der Waals surface area contributed by atoms with Crippen LogP contribution in [0.4, 0.5) is 11.4 Å². The fraction of sp³-hybridized carbons (Fsp3) is 0.440. The molecule has 2 aromatic rings. The fourth-order valence-electron chi connectivity index (χ4n) is 4.94. The zero-order valence-electron chi connectivity index (χ0n) is 17.1. The molecule has 142 valence electrons. The second-order valence-corrected chi connectivity index (χ2v) is 8.21. The Hall–Kier alpha value is -2.22. The second-order valence-electron chi connectivity index (χ2n) is 8.21. The Kier molecular flexibility index (Phi) is 4.99. The van der Waals surface area contributed by atoms with Crippen LogP contribution in [0.25, 0.3) is 0 Å². The molecule has 0 saturated heterocycles. The van der Waals surface area contributed by atoms with E-state index in [1.54, 1.807) is 0 Å². The van der Waals surface area contributed by atoms with Crippen molar-refractivity contribution < 1.29 is 0 Å². The Labute approximate surface area is 164 Å². The highest BCUT2D eigenvalue weighted by atomic mass is 15.1. The molecule has 2 heteroatoms. The topological polar surface area (TPSA) is 15.3 Å². The van der Waals surface area contributed by atoms with Crippen LogP contribution >= 0.6 is 0 Å². The predicted octanol–water partition coefficient (Wildman–Crippen LogP) is 6.48. The van der Waals surface area contributed by atoms with Crippen LogP contribution in [-0.4, -0.2) is 13.1 Å². The number of hydrogen-bond acceptors (Lipinski definition) is 2. The largest absolute Gasteiger partial charge is 0.377 e. The van der Waals surface area contributed by atoms with Gasteiger partial charge < -0.3 is 10.2 Å². The lowest BCUT2D eigenvalue weighted by atomic mass is 9.75. The van der Waals surface area contributed by atoms with Gasteiger partial charge in [-0.1, -0.05) is 56.3 Å². The van der Waals surface area contributed by atoms with E-state index in [-0.39, 0.29) is 0 Å². The molecule has 3 atom stereocenters. The van der Waals surface area contributed by atoms with Crippen molar-refractivity contribution in [1.82, 2.24) is 0 Å². The van der Waals surface area contributed by atoms with Gasteiger partial charge in [0.05, 0.1) is 6.04 Å². The van der Waals surface area contributed by atoms with Gasteiger partial charge in [0.1, 0.15) is 0 Å². The highest BCUT2D eigenvalue weighted by Crippen LogP contribution is 2.51. The van der Waals surface area contributed by atoms with Gasteiger partial charge in [0.25, 0.3) is 0 Å². The number of allylic oxidation sites excluding steroid dienone is 2. The van der Waals surface area contributed by atoms with Crippen LogP contribution in [0.2, 0.25) is 0 Å². The van der Waals surface area contributed by atoms with E-state index in [0.29, 0.717) is 23.8 Å². The van der Waals surface area contributed by atoms with Gasteiger partial charge in [-0.25, -0.2) is 0 Å². The molecule has 1 aliphatic carbocycles. The summed E-state index contributed by atoms with van der Waals surface area (Å²) >= 11 is 0. The minimum Gasteiger partial charge on any atom is -0.377 e. The molecule has 1 heterocycles. The Morgan fingerprint density at radius 2 is 1.78 bits per heavy atom. The van der Waals surface area contributed by atoms with Crippen molar-refractivity contribution in [2.24, 2.45) is 5.92 Å². The summed E-state index contributed by atoms with van der Waals surface area (Å²) in [6, 6.07) is 16.5. The molecular formula is C25H32N2. The lowest BCUT2D eigenvalue weighted by Gasteiger charge is -2.39. The van der Waals surface area contributed by atoms with Crippen molar-refractivity contribution in [1.29, 1.82) is 0 Å². The molecule has 0 spiro atoms. The van der Waals surface area contributed by atoms with Crippen molar-refractivity contribution in [2.45, 2.75) is 52.0 Å². The van der Waals surface area contributed by atoms with Crippen LogP contribution in [0, 0.1) is 5.92 Å². The number of para-hydroxylation sites is 1. The van der Waals surface area contributed by atoms with Gasteiger partial charge in [-0.15, -0.1) is 0 Å². The van der Waals surface area contributed by atoms with E-state index in [1.165, 1.54) is 28.1 Å². The zero-order chi connectivity index (χ0) is 19.0. The second kappa shape index (κ2) is 7.42. The first-order valence-corrected chi connectivity index (χ1v) is 10.5. The Bertz CT molecular complexity index is 815. The van der Waals surface area contributed by atoms with Crippen molar-refractivity contribution in [3.8, 4) is 0 Å². The molecule has 27 heavy (non-hydrogen) atoms. The maximum Gasteiger partial charge on any atom is 0.0554 e. The number of anilines is 2. The van der Waals surface area contributed by atoms with Crippen molar-refractivity contribution in [3.05, 3.63) is 71.3 Å². The predicted molar refractivity (Wildman–Crippen MR) is 117 cm³/mol. The summed E-state index contributed by atoms with van der Waals surface area (Å²) in [5.41, 5.74) is 7.03. The number of rotatable bonds is 5. The number of hydrogen-bond donors (Lipinski definition) is 1. The molecule has 0 bridgehead atoms. The smallest absolute Gasteiger partial charge is 0.0554 e. The number of nitrogens with zero attached hydrogens (tertiary/aromatic N) is 1. The van der Waals surface area contributed by atoms with E-state index in [4.69, 9.17) is 0 Å². The van der Waals surface area contributed by atoms with E-state index in [1.807, 2.05) is 0 Å². The van der Waals surface area contributed by atoms with Crippen molar-refractivity contribution in [2.75, 3.05) is 23.3 Å². The minimum absolute atomic E-state index is 0.378. The lowest BCUT2D eigenvalue weighted by Crippen LogP contribution is -2.30. The number of benzene rings is 2. The molecular weight excluding hydrogens is 328 g/mol. The van der Waals surface area contributed by atoms with Crippen LogP contribution in [-0.2, 0) is 0 Å². The van der Waals surface area contributed by atoms with Gasteiger partial charge in [-0.3, -0.25) is 0 Å². The SMILES string of the molecule is CCN(CC)c1ccc(C2Nc3c(C(C)C)cccc3C3C=CCC32)cc1. The molecule has 2 nitrogen and oxygen atoms in total. The van der Waals surface area contributed by atoms with Crippen LogP contribution in [0.5, 0.6) is 0 Å². The number of nitrogens with one attached hydrogen (secondary N) is 1. The van der Waals surface area contributed by atoms with E-state index in [0.717, 1.165) is 19.5 Å². The average molecular weight is 361 g/mol. The first-order valence-electron chi connectivity index (χ1n) is 10.5. The summed E-state index contributed by atoms with van der Waals surface area (Å²) in [4.78, 5) is 2.41. The van der Waals surface area contributed by atoms with E-state index < -0.39 is 0 Å². The highest BCUT2D eigenvalue weighted by molar-refractivity contribution is 5.65. The molecule has 1 aliphatic heterocycles. The van der Waals surface area contributed by atoms with Crippen LogP contribution in [0.1, 0.15) is 68.7 Å².